The number of alkyl halides is 3. The van der Waals surface area contributed by atoms with Crippen LogP contribution < -0.4 is 4.90 Å². The first kappa shape index (κ1) is 30.8. The van der Waals surface area contributed by atoms with Crippen LogP contribution in [-0.4, -0.2) is 48.6 Å². The molecule has 3 aromatic rings. The van der Waals surface area contributed by atoms with Gasteiger partial charge in [0.2, 0.25) is 0 Å². The standard InChI is InChI=1S/C33H36F3N5O4/c1-30(2,3)45-29(44)41(31(4)10-7-11-31)17-20-12-24-25(26(13-20)33(34,35)36)18-40(27(24)43)22-9-6-8-21(14-22)32(15-23(42)16-32)28-38-37-19-39(28)5/h6,8-9,12-14,19H,7,10-11,15-18H2,1-5H3. The largest absolute Gasteiger partial charge is 0.444 e. The maximum absolute atomic E-state index is 14.5. The molecule has 2 fully saturated rings. The van der Waals surface area contributed by atoms with Crippen LogP contribution in [0.25, 0.3) is 0 Å². The summed E-state index contributed by atoms with van der Waals surface area (Å²) in [7, 11) is 1.79. The first-order valence-corrected chi connectivity index (χ1v) is 15.0. The third-order valence-corrected chi connectivity index (χ3v) is 9.29. The van der Waals surface area contributed by atoms with E-state index in [9.17, 15) is 27.6 Å². The molecule has 1 aromatic heterocycles. The number of aromatic nitrogens is 3. The van der Waals surface area contributed by atoms with Crippen molar-refractivity contribution in [2.45, 2.75) is 95.6 Å². The van der Waals surface area contributed by atoms with Gasteiger partial charge in [0.1, 0.15) is 23.5 Å². The lowest BCUT2D eigenvalue weighted by molar-refractivity contribution is -0.138. The Morgan fingerprint density at radius 3 is 2.36 bits per heavy atom. The maximum atomic E-state index is 14.5. The van der Waals surface area contributed by atoms with Gasteiger partial charge in [0.25, 0.3) is 5.91 Å². The number of carbonyl (C=O) groups excluding carboxylic acids is 3. The van der Waals surface area contributed by atoms with E-state index < -0.39 is 40.3 Å². The van der Waals surface area contributed by atoms with E-state index in [2.05, 4.69) is 10.2 Å². The van der Waals surface area contributed by atoms with Gasteiger partial charge in [-0.05, 0) is 87.9 Å². The molecular weight excluding hydrogens is 587 g/mol. The molecule has 0 unspecified atom stereocenters. The third-order valence-electron chi connectivity index (χ3n) is 9.29. The smallest absolute Gasteiger partial charge is 0.416 e. The topological polar surface area (TPSA) is 97.6 Å². The highest BCUT2D eigenvalue weighted by Crippen LogP contribution is 2.48. The number of aryl methyl sites for hydroxylation is 1. The van der Waals surface area contributed by atoms with Crippen LogP contribution in [0.1, 0.15) is 98.2 Å². The van der Waals surface area contributed by atoms with E-state index in [1.54, 1.807) is 56.9 Å². The van der Waals surface area contributed by atoms with Crippen molar-refractivity contribution in [3.63, 3.8) is 0 Å². The average molecular weight is 624 g/mol. The van der Waals surface area contributed by atoms with Crippen LogP contribution in [-0.2, 0) is 41.3 Å². The van der Waals surface area contributed by atoms with Gasteiger partial charge in [-0.2, -0.15) is 13.2 Å². The fourth-order valence-electron chi connectivity index (χ4n) is 6.76. The molecule has 2 aliphatic carbocycles. The van der Waals surface area contributed by atoms with E-state index in [0.717, 1.165) is 18.1 Å². The van der Waals surface area contributed by atoms with Crippen molar-refractivity contribution in [1.82, 2.24) is 19.7 Å². The van der Waals surface area contributed by atoms with Crippen molar-refractivity contribution in [1.29, 1.82) is 0 Å². The van der Waals surface area contributed by atoms with Crippen LogP contribution in [0.2, 0.25) is 0 Å². The molecule has 0 spiro atoms. The maximum Gasteiger partial charge on any atom is 0.416 e. The van der Waals surface area contributed by atoms with Crippen LogP contribution in [0.4, 0.5) is 23.7 Å². The summed E-state index contributed by atoms with van der Waals surface area (Å²) in [5.41, 5.74) is -1.77. The van der Waals surface area contributed by atoms with Crippen LogP contribution in [0.15, 0.2) is 42.7 Å². The first-order valence-electron chi connectivity index (χ1n) is 15.0. The Balaban J connectivity index is 1.36. The summed E-state index contributed by atoms with van der Waals surface area (Å²) in [5.74, 6) is 0.103. The van der Waals surface area contributed by atoms with E-state index >= 15 is 0 Å². The van der Waals surface area contributed by atoms with Gasteiger partial charge >= 0.3 is 12.3 Å². The molecule has 0 bridgehead atoms. The summed E-state index contributed by atoms with van der Waals surface area (Å²) in [6, 6.07) is 9.52. The number of benzene rings is 2. The zero-order valence-corrected chi connectivity index (χ0v) is 26.0. The summed E-state index contributed by atoms with van der Waals surface area (Å²) in [6.07, 6.45) is -1.05. The Labute approximate surface area is 259 Å². The molecule has 2 saturated carbocycles. The molecule has 6 rings (SSSR count). The predicted molar refractivity (Wildman–Crippen MR) is 158 cm³/mol. The third kappa shape index (κ3) is 5.37. The molecule has 2 heterocycles. The van der Waals surface area contributed by atoms with Gasteiger partial charge < -0.3 is 14.2 Å². The normalized spacial score (nSPS) is 18.7. The number of carbonyl (C=O) groups is 3. The van der Waals surface area contributed by atoms with Crippen molar-refractivity contribution in [2.75, 3.05) is 4.90 Å². The monoisotopic (exact) mass is 623 g/mol. The number of rotatable bonds is 6. The second kappa shape index (κ2) is 10.4. The second-order valence-corrected chi connectivity index (χ2v) is 13.8. The number of ketones is 1. The molecular formula is C33H36F3N5O4. The molecule has 0 saturated heterocycles. The van der Waals surface area contributed by atoms with Crippen molar-refractivity contribution < 1.29 is 32.3 Å². The first-order chi connectivity index (χ1) is 21.0. The van der Waals surface area contributed by atoms with Gasteiger partial charge in [0.15, 0.2) is 0 Å². The van der Waals surface area contributed by atoms with Crippen molar-refractivity contribution in [2.24, 2.45) is 7.05 Å². The molecule has 0 radical (unpaired) electrons. The summed E-state index contributed by atoms with van der Waals surface area (Å²) in [5, 5.41) is 8.22. The highest BCUT2D eigenvalue weighted by atomic mass is 19.4. The summed E-state index contributed by atoms with van der Waals surface area (Å²) >= 11 is 0. The lowest BCUT2D eigenvalue weighted by Gasteiger charge is -2.47. The Kier molecular flexibility index (Phi) is 7.13. The zero-order chi connectivity index (χ0) is 32.5. The van der Waals surface area contributed by atoms with E-state index in [1.165, 1.54) is 15.9 Å². The van der Waals surface area contributed by atoms with Crippen LogP contribution in [0.5, 0.6) is 0 Å². The number of nitrogens with zero attached hydrogens (tertiary/aromatic N) is 5. The molecule has 1 aliphatic heterocycles. The minimum absolute atomic E-state index is 0.0463. The summed E-state index contributed by atoms with van der Waals surface area (Å²) < 4.78 is 51.0. The molecule has 0 N–H and O–H groups in total. The van der Waals surface area contributed by atoms with E-state index in [0.29, 0.717) is 24.4 Å². The predicted octanol–water partition coefficient (Wildman–Crippen LogP) is 6.32. The molecule has 2 amide bonds. The molecule has 0 atom stereocenters. The highest BCUT2D eigenvalue weighted by molar-refractivity contribution is 6.10. The zero-order valence-electron chi connectivity index (χ0n) is 26.0. The summed E-state index contributed by atoms with van der Waals surface area (Å²) in [6.45, 7) is 6.73. The number of hydrogen-bond acceptors (Lipinski definition) is 6. The Morgan fingerprint density at radius 1 is 1.09 bits per heavy atom. The van der Waals surface area contributed by atoms with Gasteiger partial charge in [0.05, 0.1) is 17.5 Å². The minimum atomic E-state index is -4.73. The number of halogens is 3. The second-order valence-electron chi connectivity index (χ2n) is 13.8. The van der Waals surface area contributed by atoms with Crippen molar-refractivity contribution >= 4 is 23.5 Å². The van der Waals surface area contributed by atoms with E-state index in [4.69, 9.17) is 4.74 Å². The Morgan fingerprint density at radius 2 is 1.80 bits per heavy atom. The number of anilines is 1. The van der Waals surface area contributed by atoms with Gasteiger partial charge in [-0.25, -0.2) is 4.79 Å². The van der Waals surface area contributed by atoms with Crippen LogP contribution in [0, 0.1) is 0 Å². The van der Waals surface area contributed by atoms with Gasteiger partial charge in [0, 0.05) is 43.2 Å². The minimum Gasteiger partial charge on any atom is -0.444 e. The molecule has 9 nitrogen and oxygen atoms in total. The van der Waals surface area contributed by atoms with Gasteiger partial charge in [-0.15, -0.1) is 10.2 Å². The molecule has 3 aliphatic rings. The van der Waals surface area contributed by atoms with Gasteiger partial charge in [-0.1, -0.05) is 12.1 Å². The summed E-state index contributed by atoms with van der Waals surface area (Å²) in [4.78, 5) is 42.2. The van der Waals surface area contributed by atoms with Crippen LogP contribution in [0.3, 0.4) is 0 Å². The number of amides is 2. The van der Waals surface area contributed by atoms with Gasteiger partial charge in [-0.3, -0.25) is 14.5 Å². The van der Waals surface area contributed by atoms with E-state index in [-0.39, 0.29) is 48.4 Å². The highest BCUT2D eigenvalue weighted by Gasteiger charge is 2.50. The fourth-order valence-corrected chi connectivity index (χ4v) is 6.76. The van der Waals surface area contributed by atoms with Crippen molar-refractivity contribution in [3.8, 4) is 0 Å². The van der Waals surface area contributed by atoms with Crippen molar-refractivity contribution in [3.05, 3.63) is 76.4 Å². The lowest BCUT2D eigenvalue weighted by atomic mass is 9.63. The van der Waals surface area contributed by atoms with E-state index in [1.807, 2.05) is 13.0 Å². The van der Waals surface area contributed by atoms with Crippen LogP contribution >= 0.6 is 0 Å². The molecule has 45 heavy (non-hydrogen) atoms. The number of hydrogen-bond donors (Lipinski definition) is 0. The molecule has 238 valence electrons. The fraction of sp³-hybridized carbons (Fsp3) is 0.485. The number of ether oxygens (including phenoxy) is 1. The molecule has 12 heteroatoms. The quantitative estimate of drug-likeness (QED) is 0.319. The molecule has 2 aromatic carbocycles. The Hall–Kier alpha value is -4.22. The SMILES string of the molecule is Cn1cnnc1C1(c2cccc(N3Cc4c(cc(CN(C(=O)OC(C)(C)C)C5(C)CCC5)cc4C(F)(F)F)C3=O)c2)CC(=O)C1. The number of Topliss-reactive ketones (excluding diaryl/α,β-unsaturated/α-hetero) is 1. The number of fused-ring (bicyclic) bond motifs is 1. The lowest BCUT2D eigenvalue weighted by Crippen LogP contribution is -2.54. The Bertz CT molecular complexity index is 1690. The average Bonchev–Trinajstić information content (AvgIpc) is 3.49.